The highest BCUT2D eigenvalue weighted by molar-refractivity contribution is 6.04. The number of para-hydroxylation sites is 1. The monoisotopic (exact) mass is 340 g/mol. The molecule has 5 heteroatoms. The van der Waals surface area contributed by atoms with Crippen LogP contribution in [0.15, 0.2) is 53.7 Å². The molecular formula is C20H21FN2O2. The first kappa shape index (κ1) is 16.1. The second-order valence-electron chi connectivity index (χ2n) is 6.89. The highest BCUT2D eigenvalue weighted by atomic mass is 19.1. The van der Waals surface area contributed by atoms with E-state index in [4.69, 9.17) is 4.74 Å². The molecule has 25 heavy (non-hydrogen) atoms. The summed E-state index contributed by atoms with van der Waals surface area (Å²) in [7, 11) is 0. The zero-order chi connectivity index (χ0) is 17.3. The Balaban J connectivity index is 1.50. The van der Waals surface area contributed by atoms with Crippen LogP contribution in [0.3, 0.4) is 0 Å². The van der Waals surface area contributed by atoms with E-state index in [9.17, 15) is 9.60 Å². The van der Waals surface area contributed by atoms with E-state index in [1.165, 1.54) is 11.6 Å². The van der Waals surface area contributed by atoms with Crippen LogP contribution in [0.2, 0.25) is 0 Å². The van der Waals surface area contributed by atoms with Crippen LogP contribution in [0.25, 0.3) is 0 Å². The summed E-state index contributed by atoms with van der Waals surface area (Å²) >= 11 is 0. The van der Waals surface area contributed by atoms with Crippen molar-refractivity contribution >= 4 is 5.71 Å². The standard InChI is InChI=1S/C20H21FN2O2/c21-17-8-4-7-16-18(22-24)13-20(25-19(16)17)9-11-23(12-10-20)14-15-5-2-1-3-6-15/h1-8,24H,9-14H2. The van der Waals surface area contributed by atoms with Gasteiger partial charge in [-0.2, -0.15) is 0 Å². The first-order chi connectivity index (χ1) is 12.2. The van der Waals surface area contributed by atoms with Crippen molar-refractivity contribution < 1.29 is 14.3 Å². The lowest BCUT2D eigenvalue weighted by Crippen LogP contribution is -2.51. The molecule has 0 bridgehead atoms. The number of rotatable bonds is 2. The molecule has 4 rings (SSSR count). The van der Waals surface area contributed by atoms with E-state index >= 15 is 0 Å². The summed E-state index contributed by atoms with van der Waals surface area (Å²) in [5.41, 5.74) is 1.87. The molecule has 1 N–H and O–H groups in total. The van der Waals surface area contributed by atoms with Gasteiger partial charge in [0.05, 0.1) is 5.71 Å². The van der Waals surface area contributed by atoms with Crippen LogP contribution in [-0.4, -0.2) is 34.5 Å². The molecule has 0 unspecified atom stereocenters. The summed E-state index contributed by atoms with van der Waals surface area (Å²) in [6.45, 7) is 2.65. The van der Waals surface area contributed by atoms with Gasteiger partial charge in [0.2, 0.25) is 0 Å². The maximum absolute atomic E-state index is 14.2. The summed E-state index contributed by atoms with van der Waals surface area (Å²) in [5.74, 6) is -0.178. The van der Waals surface area contributed by atoms with Crippen molar-refractivity contribution in [2.45, 2.75) is 31.4 Å². The number of nitrogens with zero attached hydrogens (tertiary/aromatic N) is 2. The highest BCUT2D eigenvalue weighted by Gasteiger charge is 2.43. The maximum Gasteiger partial charge on any atom is 0.165 e. The van der Waals surface area contributed by atoms with E-state index in [1.807, 2.05) is 6.07 Å². The molecule has 2 aromatic rings. The lowest BCUT2D eigenvalue weighted by atomic mass is 9.82. The van der Waals surface area contributed by atoms with Crippen LogP contribution in [0.4, 0.5) is 4.39 Å². The van der Waals surface area contributed by atoms with E-state index in [1.54, 1.807) is 12.1 Å². The second kappa shape index (κ2) is 6.48. The number of oxime groups is 1. The predicted octanol–water partition coefficient (Wildman–Crippen LogP) is 3.82. The van der Waals surface area contributed by atoms with Crippen LogP contribution in [0.1, 0.15) is 30.4 Å². The molecule has 0 atom stereocenters. The molecule has 2 heterocycles. The number of hydrogen-bond acceptors (Lipinski definition) is 4. The summed E-state index contributed by atoms with van der Waals surface area (Å²) in [4.78, 5) is 2.39. The zero-order valence-electron chi connectivity index (χ0n) is 14.0. The molecule has 0 amide bonds. The third-order valence-corrected chi connectivity index (χ3v) is 5.22. The van der Waals surface area contributed by atoms with E-state index in [0.717, 1.165) is 32.5 Å². The minimum atomic E-state index is -0.482. The molecular weight excluding hydrogens is 319 g/mol. The maximum atomic E-state index is 14.2. The second-order valence-corrected chi connectivity index (χ2v) is 6.89. The van der Waals surface area contributed by atoms with Crippen LogP contribution in [-0.2, 0) is 6.54 Å². The highest BCUT2D eigenvalue weighted by Crippen LogP contribution is 2.41. The molecule has 1 spiro atoms. The quantitative estimate of drug-likeness (QED) is 0.668. The molecule has 0 aromatic heterocycles. The molecule has 1 fully saturated rings. The number of ether oxygens (including phenoxy) is 1. The Morgan fingerprint density at radius 3 is 2.56 bits per heavy atom. The Bertz CT molecular complexity index is 784. The lowest BCUT2D eigenvalue weighted by Gasteiger charge is -2.44. The zero-order valence-corrected chi connectivity index (χ0v) is 14.0. The Morgan fingerprint density at radius 1 is 1.08 bits per heavy atom. The van der Waals surface area contributed by atoms with Gasteiger partial charge in [-0.1, -0.05) is 41.6 Å². The minimum Gasteiger partial charge on any atom is -0.483 e. The van der Waals surface area contributed by atoms with Crippen molar-refractivity contribution in [2.75, 3.05) is 13.1 Å². The summed E-state index contributed by atoms with van der Waals surface area (Å²) in [6, 6.07) is 15.1. The van der Waals surface area contributed by atoms with Crippen molar-refractivity contribution in [3.8, 4) is 5.75 Å². The molecule has 2 aliphatic rings. The van der Waals surface area contributed by atoms with Gasteiger partial charge < -0.3 is 9.94 Å². The third-order valence-electron chi connectivity index (χ3n) is 5.22. The fraction of sp³-hybridized carbons (Fsp3) is 0.350. The molecule has 0 saturated carbocycles. The van der Waals surface area contributed by atoms with Gasteiger partial charge >= 0.3 is 0 Å². The van der Waals surface area contributed by atoms with Crippen LogP contribution in [0.5, 0.6) is 5.75 Å². The molecule has 130 valence electrons. The topological polar surface area (TPSA) is 45.1 Å². The molecule has 0 aliphatic carbocycles. The van der Waals surface area contributed by atoms with Crippen molar-refractivity contribution in [1.82, 2.24) is 4.90 Å². The largest absolute Gasteiger partial charge is 0.483 e. The van der Waals surface area contributed by atoms with Gasteiger partial charge in [0.1, 0.15) is 5.60 Å². The van der Waals surface area contributed by atoms with Crippen molar-refractivity contribution in [3.05, 3.63) is 65.5 Å². The van der Waals surface area contributed by atoms with Gasteiger partial charge in [0.25, 0.3) is 0 Å². The van der Waals surface area contributed by atoms with Crippen LogP contribution < -0.4 is 4.74 Å². The number of fused-ring (bicyclic) bond motifs is 1. The van der Waals surface area contributed by atoms with Crippen molar-refractivity contribution in [3.63, 3.8) is 0 Å². The SMILES string of the molecule is ON=C1CC2(CCN(Cc3ccccc3)CC2)Oc2c(F)cccc21. The fourth-order valence-electron chi connectivity index (χ4n) is 3.82. The van der Waals surface area contributed by atoms with Gasteiger partial charge in [-0.15, -0.1) is 0 Å². The molecule has 1 saturated heterocycles. The first-order valence-electron chi connectivity index (χ1n) is 8.64. The van der Waals surface area contributed by atoms with Gasteiger partial charge in [-0.05, 0) is 17.7 Å². The van der Waals surface area contributed by atoms with Crippen LogP contribution in [0, 0.1) is 5.82 Å². The summed E-state index contributed by atoms with van der Waals surface area (Å²) in [6.07, 6.45) is 2.08. The van der Waals surface area contributed by atoms with Crippen molar-refractivity contribution in [1.29, 1.82) is 0 Å². The lowest BCUT2D eigenvalue weighted by molar-refractivity contribution is -0.00239. The number of piperidine rings is 1. The van der Waals surface area contributed by atoms with Gasteiger partial charge in [0.15, 0.2) is 11.6 Å². The Morgan fingerprint density at radius 2 is 1.84 bits per heavy atom. The van der Waals surface area contributed by atoms with Gasteiger partial charge in [-0.3, -0.25) is 4.90 Å². The van der Waals surface area contributed by atoms with Gasteiger partial charge in [-0.25, -0.2) is 4.39 Å². The number of likely N-dealkylation sites (tertiary alicyclic amines) is 1. The van der Waals surface area contributed by atoms with E-state index in [0.29, 0.717) is 17.7 Å². The first-order valence-corrected chi connectivity index (χ1v) is 8.64. The molecule has 4 nitrogen and oxygen atoms in total. The average molecular weight is 340 g/mol. The minimum absolute atomic E-state index is 0.220. The fourth-order valence-corrected chi connectivity index (χ4v) is 3.82. The Hall–Kier alpha value is -2.40. The molecule has 2 aromatic carbocycles. The molecule has 0 radical (unpaired) electrons. The van der Waals surface area contributed by atoms with E-state index < -0.39 is 11.4 Å². The van der Waals surface area contributed by atoms with Crippen LogP contribution >= 0.6 is 0 Å². The number of hydrogen-bond donors (Lipinski definition) is 1. The normalized spacial score (nSPS) is 21.1. The van der Waals surface area contributed by atoms with E-state index in [-0.39, 0.29) is 5.75 Å². The Kier molecular flexibility index (Phi) is 4.17. The van der Waals surface area contributed by atoms with Crippen molar-refractivity contribution in [2.24, 2.45) is 5.16 Å². The Labute approximate surface area is 146 Å². The van der Waals surface area contributed by atoms with E-state index in [2.05, 4.69) is 34.3 Å². The predicted molar refractivity (Wildman–Crippen MR) is 93.7 cm³/mol. The number of halogens is 1. The van der Waals surface area contributed by atoms with Gasteiger partial charge in [0, 0.05) is 44.5 Å². The summed E-state index contributed by atoms with van der Waals surface area (Å²) < 4.78 is 20.3. The third kappa shape index (κ3) is 3.12. The number of benzene rings is 2. The smallest absolute Gasteiger partial charge is 0.165 e. The molecule has 2 aliphatic heterocycles. The average Bonchev–Trinajstić information content (AvgIpc) is 2.65. The summed E-state index contributed by atoms with van der Waals surface area (Å²) in [5, 5.41) is 12.8.